The number of benzene rings is 1. The molecule has 2 aromatic rings. The van der Waals surface area contributed by atoms with Crippen molar-refractivity contribution in [3.8, 4) is 0 Å². The maximum absolute atomic E-state index is 12.2. The van der Waals surface area contributed by atoms with Crippen LogP contribution in [0.5, 0.6) is 0 Å². The zero-order valence-electron chi connectivity index (χ0n) is 18.6. The number of hydrogen-bond donors (Lipinski definition) is 2. The molecule has 0 aliphatic heterocycles. The van der Waals surface area contributed by atoms with Gasteiger partial charge in [-0.1, -0.05) is 38.1 Å². The van der Waals surface area contributed by atoms with E-state index in [0.29, 0.717) is 24.6 Å². The number of nitrogens with one attached hydrogen (secondary N) is 2. The molecular formula is C22H32F3IN4O2. The normalized spacial score (nSPS) is 13.0. The molecule has 10 heteroatoms. The number of guanidine groups is 1. The van der Waals surface area contributed by atoms with Crippen molar-refractivity contribution in [2.45, 2.75) is 39.2 Å². The Bertz CT molecular complexity index is 779. The third-order valence-corrected chi connectivity index (χ3v) is 4.83. The first-order valence-corrected chi connectivity index (χ1v) is 10.3. The number of rotatable bonds is 11. The molecule has 2 N–H and O–H groups in total. The lowest BCUT2D eigenvalue weighted by Gasteiger charge is -2.28. The quantitative estimate of drug-likeness (QED) is 0.234. The molecule has 0 bridgehead atoms. The number of ether oxygens (including phenoxy) is 1. The average molecular weight is 568 g/mol. The number of halogens is 4. The molecule has 6 nitrogen and oxygen atoms in total. The molecule has 1 heterocycles. The van der Waals surface area contributed by atoms with Crippen LogP contribution in [0.3, 0.4) is 0 Å². The van der Waals surface area contributed by atoms with Gasteiger partial charge in [-0.05, 0) is 36.3 Å². The molecule has 0 spiro atoms. The lowest BCUT2D eigenvalue weighted by Crippen LogP contribution is -2.42. The number of alkyl halides is 3. The maximum Gasteiger partial charge on any atom is 0.411 e. The molecule has 1 atom stereocenters. The summed E-state index contributed by atoms with van der Waals surface area (Å²) >= 11 is 0. The van der Waals surface area contributed by atoms with E-state index < -0.39 is 12.8 Å². The van der Waals surface area contributed by atoms with Gasteiger partial charge in [0, 0.05) is 20.1 Å². The minimum absolute atomic E-state index is 0. The second-order valence-corrected chi connectivity index (χ2v) is 6.98. The van der Waals surface area contributed by atoms with Crippen LogP contribution in [0.2, 0.25) is 0 Å². The predicted molar refractivity (Wildman–Crippen MR) is 130 cm³/mol. The first kappa shape index (κ1) is 28.2. The largest absolute Gasteiger partial charge is 0.468 e. The van der Waals surface area contributed by atoms with Gasteiger partial charge in [0.15, 0.2) is 5.96 Å². The van der Waals surface area contributed by atoms with Crippen molar-refractivity contribution in [1.29, 1.82) is 0 Å². The summed E-state index contributed by atoms with van der Waals surface area (Å²) in [6.07, 6.45) is -2.63. The van der Waals surface area contributed by atoms with Gasteiger partial charge in [-0.3, -0.25) is 9.89 Å². The lowest BCUT2D eigenvalue weighted by molar-refractivity contribution is -0.176. The zero-order valence-corrected chi connectivity index (χ0v) is 20.9. The van der Waals surface area contributed by atoms with Gasteiger partial charge in [0.25, 0.3) is 0 Å². The summed E-state index contributed by atoms with van der Waals surface area (Å²) in [5, 5.41) is 6.59. The van der Waals surface area contributed by atoms with Crippen LogP contribution in [0.25, 0.3) is 0 Å². The van der Waals surface area contributed by atoms with Crippen molar-refractivity contribution in [2.75, 3.05) is 33.3 Å². The van der Waals surface area contributed by atoms with Gasteiger partial charge in [-0.2, -0.15) is 13.2 Å². The summed E-state index contributed by atoms with van der Waals surface area (Å²) < 4.78 is 46.8. The van der Waals surface area contributed by atoms with E-state index in [4.69, 9.17) is 4.42 Å². The lowest BCUT2D eigenvalue weighted by atomic mass is 10.1. The Labute approximate surface area is 204 Å². The second kappa shape index (κ2) is 14.4. The smallest absolute Gasteiger partial charge is 0.411 e. The van der Waals surface area contributed by atoms with E-state index in [-0.39, 0.29) is 36.6 Å². The van der Waals surface area contributed by atoms with Gasteiger partial charge in [0.1, 0.15) is 12.4 Å². The Kier molecular flexibility index (Phi) is 12.7. The molecule has 0 radical (unpaired) electrons. The van der Waals surface area contributed by atoms with Crippen LogP contribution in [0.1, 0.15) is 36.8 Å². The van der Waals surface area contributed by atoms with Gasteiger partial charge < -0.3 is 19.8 Å². The number of nitrogens with zero attached hydrogens (tertiary/aromatic N) is 2. The monoisotopic (exact) mass is 568 g/mol. The van der Waals surface area contributed by atoms with Crippen LogP contribution in [0.4, 0.5) is 13.2 Å². The number of furan rings is 1. The van der Waals surface area contributed by atoms with E-state index in [2.05, 4.69) is 39.1 Å². The fraction of sp³-hybridized carbons (Fsp3) is 0.500. The molecular weight excluding hydrogens is 536 g/mol. The van der Waals surface area contributed by atoms with Crippen molar-refractivity contribution in [2.24, 2.45) is 4.99 Å². The predicted octanol–water partition coefficient (Wildman–Crippen LogP) is 4.72. The summed E-state index contributed by atoms with van der Waals surface area (Å²) in [5.41, 5.74) is 1.67. The molecule has 32 heavy (non-hydrogen) atoms. The minimum atomic E-state index is -4.31. The van der Waals surface area contributed by atoms with Crippen LogP contribution in [-0.2, 0) is 17.9 Å². The minimum Gasteiger partial charge on any atom is -0.468 e. The SMILES string of the molecule is CCN(CC)C(CNC(=NC)NCc1ccc(COCC(F)(F)F)cc1)c1ccco1.I. The van der Waals surface area contributed by atoms with Crippen LogP contribution in [-0.4, -0.2) is 50.3 Å². The van der Waals surface area contributed by atoms with E-state index in [0.717, 1.165) is 24.4 Å². The number of hydrogen-bond acceptors (Lipinski definition) is 4. The highest BCUT2D eigenvalue weighted by Gasteiger charge is 2.27. The fourth-order valence-electron chi connectivity index (χ4n) is 3.19. The molecule has 0 saturated heterocycles. The standard InChI is InChI=1S/C22H31F3N4O2.HI/c1-4-29(5-2)19(20-7-6-12-31-20)14-28-21(26-3)27-13-17-8-10-18(11-9-17)15-30-16-22(23,24)25;/h6-12,19H,4-5,13-16H2,1-3H3,(H2,26,27,28);1H. The molecule has 0 amide bonds. The summed E-state index contributed by atoms with van der Waals surface area (Å²) in [4.78, 5) is 6.57. The van der Waals surface area contributed by atoms with Gasteiger partial charge >= 0.3 is 6.18 Å². The number of likely N-dealkylation sites (N-methyl/N-ethyl adjacent to an activating group) is 1. The van der Waals surface area contributed by atoms with E-state index in [1.165, 1.54) is 0 Å². The third kappa shape index (κ3) is 9.78. The molecule has 0 saturated carbocycles. The van der Waals surface area contributed by atoms with Crippen molar-refractivity contribution < 1.29 is 22.3 Å². The topological polar surface area (TPSA) is 62.0 Å². The Morgan fingerprint density at radius 2 is 1.75 bits per heavy atom. The maximum atomic E-state index is 12.2. The van der Waals surface area contributed by atoms with Gasteiger partial charge in [0.05, 0.1) is 18.9 Å². The number of aliphatic imine (C=N–C) groups is 1. The molecule has 180 valence electrons. The Morgan fingerprint density at radius 1 is 1.09 bits per heavy atom. The third-order valence-electron chi connectivity index (χ3n) is 4.83. The highest BCUT2D eigenvalue weighted by atomic mass is 127. The molecule has 1 aromatic heterocycles. The van der Waals surface area contributed by atoms with Crippen molar-refractivity contribution in [3.63, 3.8) is 0 Å². The van der Waals surface area contributed by atoms with Crippen LogP contribution < -0.4 is 10.6 Å². The van der Waals surface area contributed by atoms with E-state index in [1.807, 2.05) is 24.3 Å². The zero-order chi connectivity index (χ0) is 22.7. The summed E-state index contributed by atoms with van der Waals surface area (Å²) in [6.45, 7) is 5.86. The van der Waals surface area contributed by atoms with Gasteiger partial charge in [0.2, 0.25) is 0 Å². The van der Waals surface area contributed by atoms with Crippen molar-refractivity contribution in [3.05, 3.63) is 59.5 Å². The summed E-state index contributed by atoms with van der Waals surface area (Å²) in [7, 11) is 1.70. The average Bonchev–Trinajstić information content (AvgIpc) is 3.27. The summed E-state index contributed by atoms with van der Waals surface area (Å²) in [6, 6.07) is 11.2. The Morgan fingerprint density at radius 3 is 2.28 bits per heavy atom. The van der Waals surface area contributed by atoms with Crippen LogP contribution >= 0.6 is 24.0 Å². The highest BCUT2D eigenvalue weighted by molar-refractivity contribution is 14.0. The molecule has 1 unspecified atom stereocenters. The van der Waals surface area contributed by atoms with E-state index >= 15 is 0 Å². The first-order valence-electron chi connectivity index (χ1n) is 10.3. The Balaban J connectivity index is 0.00000512. The van der Waals surface area contributed by atoms with Crippen molar-refractivity contribution in [1.82, 2.24) is 15.5 Å². The van der Waals surface area contributed by atoms with Crippen LogP contribution in [0, 0.1) is 0 Å². The van der Waals surface area contributed by atoms with Gasteiger partial charge in [-0.15, -0.1) is 24.0 Å². The Hall–Kier alpha value is -1.79. The van der Waals surface area contributed by atoms with E-state index in [1.54, 1.807) is 25.4 Å². The van der Waals surface area contributed by atoms with Gasteiger partial charge in [-0.25, -0.2) is 0 Å². The summed E-state index contributed by atoms with van der Waals surface area (Å²) in [5.74, 6) is 1.55. The molecule has 1 aromatic carbocycles. The van der Waals surface area contributed by atoms with Crippen LogP contribution in [0.15, 0.2) is 52.1 Å². The molecule has 0 aliphatic rings. The molecule has 2 rings (SSSR count). The van der Waals surface area contributed by atoms with Crippen molar-refractivity contribution >= 4 is 29.9 Å². The molecule has 0 fully saturated rings. The van der Waals surface area contributed by atoms with E-state index in [9.17, 15) is 13.2 Å². The second-order valence-electron chi connectivity index (χ2n) is 6.98. The highest BCUT2D eigenvalue weighted by Crippen LogP contribution is 2.20. The molecule has 0 aliphatic carbocycles. The first-order chi connectivity index (χ1) is 14.9. The fourth-order valence-corrected chi connectivity index (χ4v) is 3.19.